The Morgan fingerprint density at radius 2 is 1.90 bits per heavy atom. The Bertz CT molecular complexity index is 448. The first-order chi connectivity index (χ1) is 9.34. The molecule has 2 aliphatic heterocycles. The molecule has 0 radical (unpaired) electrons. The quantitative estimate of drug-likeness (QED) is 0.821. The summed E-state index contributed by atoms with van der Waals surface area (Å²) in [7, 11) is 0. The number of nitrogens with zero attached hydrogens (tertiary/aromatic N) is 2. The zero-order valence-electron chi connectivity index (χ0n) is 12.5. The number of carboxylic acids is 1. The van der Waals surface area contributed by atoms with Gasteiger partial charge in [0.2, 0.25) is 5.91 Å². The monoisotopic (exact) mass is 280 g/mol. The molecule has 1 saturated carbocycles. The molecule has 0 aromatic carbocycles. The topological polar surface area (TPSA) is 60.9 Å². The highest BCUT2D eigenvalue weighted by molar-refractivity contribution is 5.92. The van der Waals surface area contributed by atoms with E-state index in [4.69, 9.17) is 0 Å². The van der Waals surface area contributed by atoms with E-state index in [1.54, 1.807) is 0 Å². The van der Waals surface area contributed by atoms with Gasteiger partial charge in [-0.1, -0.05) is 13.8 Å². The third-order valence-corrected chi connectivity index (χ3v) is 5.58. The van der Waals surface area contributed by atoms with Crippen LogP contribution >= 0.6 is 0 Å². The van der Waals surface area contributed by atoms with E-state index in [1.807, 2.05) is 18.7 Å². The molecule has 4 unspecified atom stereocenters. The van der Waals surface area contributed by atoms with Crippen molar-refractivity contribution in [2.45, 2.75) is 45.7 Å². The van der Waals surface area contributed by atoms with Crippen LogP contribution in [0.2, 0.25) is 0 Å². The standard InChI is InChI=1S/C15H24N2O3/c1-9-7-16-6-4-5-10(16)8-17(9)13(18)11-12(14(19)20)15(11,2)3/h9-12H,4-8H2,1-3H3,(H,19,20). The van der Waals surface area contributed by atoms with Crippen molar-refractivity contribution in [2.75, 3.05) is 19.6 Å². The number of piperazine rings is 1. The second-order valence-corrected chi connectivity index (χ2v) is 7.25. The molecule has 112 valence electrons. The molecule has 3 rings (SSSR count). The van der Waals surface area contributed by atoms with Gasteiger partial charge < -0.3 is 10.0 Å². The van der Waals surface area contributed by atoms with E-state index < -0.39 is 17.3 Å². The Labute approximate surface area is 119 Å². The predicted molar refractivity (Wildman–Crippen MR) is 74.2 cm³/mol. The van der Waals surface area contributed by atoms with Crippen LogP contribution in [-0.4, -0.2) is 58.5 Å². The molecule has 4 atom stereocenters. The Kier molecular flexibility index (Phi) is 3.08. The number of hydrogen-bond acceptors (Lipinski definition) is 3. The third-order valence-electron chi connectivity index (χ3n) is 5.58. The first-order valence-electron chi connectivity index (χ1n) is 7.61. The van der Waals surface area contributed by atoms with Crippen LogP contribution in [0.1, 0.15) is 33.6 Å². The second kappa shape index (κ2) is 4.45. The van der Waals surface area contributed by atoms with E-state index in [-0.39, 0.29) is 17.9 Å². The van der Waals surface area contributed by atoms with Crippen LogP contribution in [0.4, 0.5) is 0 Å². The Balaban J connectivity index is 1.73. The molecule has 5 nitrogen and oxygen atoms in total. The van der Waals surface area contributed by atoms with Crippen LogP contribution < -0.4 is 0 Å². The van der Waals surface area contributed by atoms with E-state index >= 15 is 0 Å². The highest BCUT2D eigenvalue weighted by Crippen LogP contribution is 2.59. The molecule has 20 heavy (non-hydrogen) atoms. The van der Waals surface area contributed by atoms with Crippen LogP contribution in [0.25, 0.3) is 0 Å². The van der Waals surface area contributed by atoms with E-state index in [0.29, 0.717) is 6.04 Å². The summed E-state index contributed by atoms with van der Waals surface area (Å²) in [6, 6.07) is 0.683. The van der Waals surface area contributed by atoms with Crippen LogP contribution in [0.15, 0.2) is 0 Å². The van der Waals surface area contributed by atoms with Crippen molar-refractivity contribution in [3.8, 4) is 0 Å². The molecule has 1 N–H and O–H groups in total. The zero-order chi connectivity index (χ0) is 14.7. The van der Waals surface area contributed by atoms with Crippen molar-refractivity contribution >= 4 is 11.9 Å². The zero-order valence-corrected chi connectivity index (χ0v) is 12.5. The van der Waals surface area contributed by atoms with Crippen molar-refractivity contribution in [1.82, 2.24) is 9.80 Å². The molecule has 2 saturated heterocycles. The van der Waals surface area contributed by atoms with E-state index in [9.17, 15) is 14.7 Å². The number of amides is 1. The number of hydrogen-bond donors (Lipinski definition) is 1. The third kappa shape index (κ3) is 1.94. The van der Waals surface area contributed by atoms with Gasteiger partial charge in [-0.2, -0.15) is 0 Å². The summed E-state index contributed by atoms with van der Waals surface area (Å²) in [4.78, 5) is 28.4. The van der Waals surface area contributed by atoms with Crippen LogP contribution in [0.3, 0.4) is 0 Å². The van der Waals surface area contributed by atoms with Crippen LogP contribution in [0.5, 0.6) is 0 Å². The molecule has 0 aromatic rings. The smallest absolute Gasteiger partial charge is 0.307 e. The molecule has 0 bridgehead atoms. The van der Waals surface area contributed by atoms with E-state index in [0.717, 1.165) is 26.1 Å². The Hall–Kier alpha value is -1.10. The number of rotatable bonds is 2. The first kappa shape index (κ1) is 13.9. The highest BCUT2D eigenvalue weighted by Gasteiger charge is 2.67. The lowest BCUT2D eigenvalue weighted by molar-refractivity contribution is -0.144. The number of fused-ring (bicyclic) bond motifs is 1. The largest absolute Gasteiger partial charge is 0.481 e. The molecule has 0 spiro atoms. The maximum Gasteiger partial charge on any atom is 0.307 e. The number of aliphatic carboxylic acids is 1. The summed E-state index contributed by atoms with van der Waals surface area (Å²) in [6.07, 6.45) is 2.37. The van der Waals surface area contributed by atoms with Crippen molar-refractivity contribution in [1.29, 1.82) is 0 Å². The Morgan fingerprint density at radius 3 is 2.50 bits per heavy atom. The van der Waals surface area contributed by atoms with Gasteiger partial charge in [-0.15, -0.1) is 0 Å². The van der Waals surface area contributed by atoms with Gasteiger partial charge in [0.15, 0.2) is 0 Å². The molecular formula is C15H24N2O3. The molecule has 1 amide bonds. The maximum atomic E-state index is 12.7. The van der Waals surface area contributed by atoms with Crippen molar-refractivity contribution in [2.24, 2.45) is 17.3 Å². The SMILES string of the molecule is CC1CN2CCCC2CN1C(=O)C1C(C(=O)O)C1(C)C. The van der Waals surface area contributed by atoms with E-state index in [1.165, 1.54) is 6.42 Å². The average molecular weight is 280 g/mol. The van der Waals surface area contributed by atoms with Gasteiger partial charge in [0.05, 0.1) is 11.8 Å². The fraction of sp³-hybridized carbons (Fsp3) is 0.867. The summed E-state index contributed by atoms with van der Waals surface area (Å²) in [5.74, 6) is -1.62. The summed E-state index contributed by atoms with van der Waals surface area (Å²) in [6.45, 7) is 8.72. The lowest BCUT2D eigenvalue weighted by atomic mass is 10.0. The lowest BCUT2D eigenvalue weighted by Gasteiger charge is -2.42. The minimum Gasteiger partial charge on any atom is -0.481 e. The normalized spacial score (nSPS) is 39.5. The van der Waals surface area contributed by atoms with Gasteiger partial charge in [-0.25, -0.2) is 0 Å². The van der Waals surface area contributed by atoms with Gasteiger partial charge in [0.1, 0.15) is 0 Å². The van der Waals surface area contributed by atoms with Crippen LogP contribution in [-0.2, 0) is 9.59 Å². The number of carbonyl (C=O) groups excluding carboxylic acids is 1. The van der Waals surface area contributed by atoms with Gasteiger partial charge >= 0.3 is 5.97 Å². The lowest BCUT2D eigenvalue weighted by Crippen LogP contribution is -2.57. The van der Waals surface area contributed by atoms with Crippen molar-refractivity contribution in [3.05, 3.63) is 0 Å². The predicted octanol–water partition coefficient (Wildman–Crippen LogP) is 1.04. The van der Waals surface area contributed by atoms with Crippen LogP contribution in [0, 0.1) is 17.3 Å². The minimum absolute atomic E-state index is 0.0569. The molecule has 1 aliphatic carbocycles. The van der Waals surface area contributed by atoms with Gasteiger partial charge in [-0.3, -0.25) is 14.5 Å². The number of carboxylic acid groups (broad SMARTS) is 1. The fourth-order valence-corrected chi connectivity index (χ4v) is 4.23. The van der Waals surface area contributed by atoms with Gasteiger partial charge in [-0.05, 0) is 31.7 Å². The van der Waals surface area contributed by atoms with Crippen molar-refractivity contribution < 1.29 is 14.7 Å². The second-order valence-electron chi connectivity index (χ2n) is 7.25. The summed E-state index contributed by atoms with van der Waals surface area (Å²) in [5, 5.41) is 9.24. The molecular weight excluding hydrogens is 256 g/mol. The summed E-state index contributed by atoms with van der Waals surface area (Å²) < 4.78 is 0. The summed E-state index contributed by atoms with van der Waals surface area (Å²) in [5.41, 5.74) is -0.393. The van der Waals surface area contributed by atoms with E-state index in [2.05, 4.69) is 11.8 Å². The Morgan fingerprint density at radius 1 is 1.20 bits per heavy atom. The molecule has 0 aromatic heterocycles. The first-order valence-corrected chi connectivity index (χ1v) is 7.61. The summed E-state index contributed by atoms with van der Waals surface area (Å²) >= 11 is 0. The minimum atomic E-state index is -0.833. The molecule has 2 heterocycles. The molecule has 3 aliphatic rings. The maximum absolute atomic E-state index is 12.7. The molecule has 3 fully saturated rings. The number of carbonyl (C=O) groups is 2. The average Bonchev–Trinajstić information content (AvgIpc) is 2.71. The molecule has 5 heteroatoms. The van der Waals surface area contributed by atoms with Gasteiger partial charge in [0.25, 0.3) is 0 Å². The van der Waals surface area contributed by atoms with Crippen molar-refractivity contribution in [3.63, 3.8) is 0 Å². The fourth-order valence-electron chi connectivity index (χ4n) is 4.23. The highest BCUT2D eigenvalue weighted by atomic mass is 16.4. The van der Waals surface area contributed by atoms with Gasteiger partial charge in [0, 0.05) is 25.2 Å².